The van der Waals surface area contributed by atoms with Crippen molar-refractivity contribution in [2.45, 2.75) is 43.6 Å². The molecule has 18 heavy (non-hydrogen) atoms. The number of carbonyl (C=O) groups excluding carboxylic acids is 1. The van der Waals surface area contributed by atoms with Gasteiger partial charge in [-0.05, 0) is 26.2 Å². The first-order chi connectivity index (χ1) is 8.43. The van der Waals surface area contributed by atoms with Gasteiger partial charge >= 0.3 is 0 Å². The quantitative estimate of drug-likeness (QED) is 0.681. The van der Waals surface area contributed by atoms with Gasteiger partial charge in [-0.1, -0.05) is 6.08 Å². The van der Waals surface area contributed by atoms with Crippen molar-refractivity contribution in [1.82, 2.24) is 4.90 Å². The van der Waals surface area contributed by atoms with Gasteiger partial charge in [0.05, 0.1) is 17.6 Å². The number of aliphatic hydroxyl groups is 2. The Morgan fingerprint density at radius 2 is 2.39 bits per heavy atom. The fourth-order valence-electron chi connectivity index (χ4n) is 4.35. The Hall–Kier alpha value is -0.910. The molecule has 0 unspecified atom stereocenters. The van der Waals surface area contributed by atoms with Crippen molar-refractivity contribution in [3.05, 3.63) is 12.7 Å². The molecule has 3 rings (SSSR count). The second-order valence-electron chi connectivity index (χ2n) is 5.76. The molecule has 0 aliphatic carbocycles. The number of nitrogens with zero attached hydrogens (tertiary/aromatic N) is 1. The lowest BCUT2D eigenvalue weighted by Gasteiger charge is -2.44. The van der Waals surface area contributed by atoms with E-state index in [1.165, 1.54) is 0 Å². The molecule has 4 atom stereocenters. The van der Waals surface area contributed by atoms with Crippen LogP contribution < -0.4 is 0 Å². The van der Waals surface area contributed by atoms with E-state index < -0.39 is 22.8 Å². The zero-order chi connectivity index (χ0) is 13.2. The highest BCUT2D eigenvalue weighted by atomic mass is 16.6. The van der Waals surface area contributed by atoms with Crippen LogP contribution in [0.4, 0.5) is 0 Å². The molecule has 3 aliphatic heterocycles. The molecule has 3 fully saturated rings. The van der Waals surface area contributed by atoms with Crippen molar-refractivity contribution in [2.24, 2.45) is 5.41 Å². The fraction of sp³-hybridized carbons (Fsp3) is 0.769. The summed E-state index contributed by atoms with van der Waals surface area (Å²) < 4.78 is 5.54. The summed E-state index contributed by atoms with van der Waals surface area (Å²) in [5, 5.41) is 21.0. The molecule has 100 valence electrons. The summed E-state index contributed by atoms with van der Waals surface area (Å²) in [6, 6.07) is 0. The summed E-state index contributed by atoms with van der Waals surface area (Å²) in [6.45, 7) is 6.17. The predicted octanol–water partition coefficient (Wildman–Crippen LogP) is 0.0233. The molecule has 3 heterocycles. The molecule has 2 N–H and O–H groups in total. The van der Waals surface area contributed by atoms with Crippen molar-refractivity contribution in [3.8, 4) is 0 Å². The average molecular weight is 253 g/mol. The maximum Gasteiger partial charge on any atom is 0.252 e. The van der Waals surface area contributed by atoms with Crippen molar-refractivity contribution in [1.29, 1.82) is 0 Å². The highest BCUT2D eigenvalue weighted by Crippen LogP contribution is 2.63. The zero-order valence-corrected chi connectivity index (χ0v) is 10.6. The molecule has 0 bridgehead atoms. The third kappa shape index (κ3) is 0.987. The first-order valence-electron chi connectivity index (χ1n) is 6.40. The Kier molecular flexibility index (Phi) is 2.26. The van der Waals surface area contributed by atoms with E-state index in [9.17, 15) is 15.0 Å². The number of hydrogen-bond acceptors (Lipinski definition) is 4. The summed E-state index contributed by atoms with van der Waals surface area (Å²) in [6.07, 6.45) is 2.46. The smallest absolute Gasteiger partial charge is 0.252 e. The minimum absolute atomic E-state index is 0.280. The predicted molar refractivity (Wildman–Crippen MR) is 63.5 cm³/mol. The zero-order valence-electron chi connectivity index (χ0n) is 10.6. The Morgan fingerprint density at radius 1 is 1.67 bits per heavy atom. The van der Waals surface area contributed by atoms with Crippen LogP contribution >= 0.6 is 0 Å². The van der Waals surface area contributed by atoms with Gasteiger partial charge in [-0.2, -0.15) is 0 Å². The van der Waals surface area contributed by atoms with Crippen LogP contribution in [0.3, 0.4) is 0 Å². The Morgan fingerprint density at radius 3 is 3.06 bits per heavy atom. The summed E-state index contributed by atoms with van der Waals surface area (Å²) in [5.41, 5.74) is -1.56. The summed E-state index contributed by atoms with van der Waals surface area (Å²) in [7, 11) is 0. The van der Waals surface area contributed by atoms with E-state index in [1.807, 2.05) is 0 Å². The third-order valence-electron chi connectivity index (χ3n) is 5.17. The van der Waals surface area contributed by atoms with Crippen molar-refractivity contribution in [3.63, 3.8) is 0 Å². The molecule has 0 aromatic rings. The Bertz CT molecular complexity index is 421. The average Bonchev–Trinajstić information content (AvgIpc) is 2.88. The van der Waals surface area contributed by atoms with Crippen LogP contribution in [0.5, 0.6) is 0 Å². The van der Waals surface area contributed by atoms with Crippen LogP contribution in [0.25, 0.3) is 0 Å². The van der Waals surface area contributed by atoms with Crippen LogP contribution in [0.1, 0.15) is 26.2 Å². The molecular formula is C13H19NO4. The van der Waals surface area contributed by atoms with Gasteiger partial charge in [0.2, 0.25) is 0 Å². The van der Waals surface area contributed by atoms with E-state index in [0.29, 0.717) is 13.0 Å². The minimum atomic E-state index is -1.50. The second-order valence-corrected chi connectivity index (χ2v) is 5.76. The molecule has 0 aromatic heterocycles. The Labute approximate surface area is 106 Å². The van der Waals surface area contributed by atoms with Crippen molar-refractivity contribution >= 4 is 5.91 Å². The second kappa shape index (κ2) is 3.35. The molecule has 3 aliphatic rings. The standard InChI is InChI=1S/C13H19NO4/c1-3-5-13-9(15)10(16)14-7-4-6-12(13,14)8-18-11(13,2)17/h3,9,15,17H,1,4-8H2,2H3/t9-,11+,12+,13-/m1/s1. The fourth-order valence-corrected chi connectivity index (χ4v) is 4.35. The number of amides is 1. The van der Waals surface area contributed by atoms with E-state index >= 15 is 0 Å². The highest BCUT2D eigenvalue weighted by molar-refractivity contribution is 5.87. The van der Waals surface area contributed by atoms with Crippen LogP contribution in [-0.4, -0.2) is 51.6 Å². The lowest BCUT2D eigenvalue weighted by atomic mass is 9.63. The molecule has 0 aromatic carbocycles. The molecule has 1 amide bonds. The topological polar surface area (TPSA) is 70.0 Å². The first-order valence-corrected chi connectivity index (χ1v) is 6.40. The SMILES string of the molecule is C=CC[C@]12[C@H](O)C(=O)N3CCC[C@@]31CO[C@]2(C)O. The molecule has 0 saturated carbocycles. The Balaban J connectivity index is 2.21. The molecule has 5 heteroatoms. The van der Waals surface area contributed by atoms with Crippen molar-refractivity contribution in [2.75, 3.05) is 13.2 Å². The third-order valence-corrected chi connectivity index (χ3v) is 5.17. The van der Waals surface area contributed by atoms with E-state index in [0.717, 1.165) is 12.8 Å². The van der Waals surface area contributed by atoms with Crippen molar-refractivity contribution < 1.29 is 19.7 Å². The molecule has 0 radical (unpaired) electrons. The van der Waals surface area contributed by atoms with E-state index in [4.69, 9.17) is 4.74 Å². The van der Waals surface area contributed by atoms with Gasteiger partial charge in [0, 0.05) is 6.54 Å². The van der Waals surface area contributed by atoms with E-state index in [1.54, 1.807) is 17.9 Å². The number of ether oxygens (including phenoxy) is 1. The van der Waals surface area contributed by atoms with Crippen LogP contribution in [0.15, 0.2) is 12.7 Å². The van der Waals surface area contributed by atoms with Crippen LogP contribution in [0.2, 0.25) is 0 Å². The number of allylic oxidation sites excluding steroid dienone is 1. The van der Waals surface area contributed by atoms with Gasteiger partial charge in [0.1, 0.15) is 6.10 Å². The normalized spacial score (nSPS) is 50.5. The number of carbonyl (C=O) groups is 1. The number of hydrogen-bond donors (Lipinski definition) is 2. The highest BCUT2D eigenvalue weighted by Gasteiger charge is 2.78. The molecule has 1 spiro atoms. The monoisotopic (exact) mass is 253 g/mol. The number of rotatable bonds is 2. The largest absolute Gasteiger partial charge is 0.382 e. The van der Waals surface area contributed by atoms with Gasteiger partial charge in [-0.15, -0.1) is 6.58 Å². The van der Waals surface area contributed by atoms with Gasteiger partial charge in [-0.25, -0.2) is 0 Å². The van der Waals surface area contributed by atoms with Crippen LogP contribution in [-0.2, 0) is 9.53 Å². The first kappa shape index (κ1) is 12.1. The van der Waals surface area contributed by atoms with Gasteiger partial charge in [0.15, 0.2) is 5.79 Å². The van der Waals surface area contributed by atoms with Crippen LogP contribution in [0, 0.1) is 5.41 Å². The maximum atomic E-state index is 12.2. The van der Waals surface area contributed by atoms with Gasteiger partial charge in [0.25, 0.3) is 5.91 Å². The number of aliphatic hydroxyl groups excluding tert-OH is 1. The maximum absolute atomic E-state index is 12.2. The molecular weight excluding hydrogens is 234 g/mol. The summed E-state index contributed by atoms with van der Waals surface area (Å²) >= 11 is 0. The van der Waals surface area contributed by atoms with Gasteiger partial charge < -0.3 is 19.8 Å². The summed E-state index contributed by atoms with van der Waals surface area (Å²) in [5.74, 6) is -1.78. The summed E-state index contributed by atoms with van der Waals surface area (Å²) in [4.78, 5) is 13.9. The lowest BCUT2D eigenvalue weighted by Crippen LogP contribution is -2.58. The lowest BCUT2D eigenvalue weighted by molar-refractivity contribution is -0.234. The van der Waals surface area contributed by atoms with E-state index in [-0.39, 0.29) is 12.5 Å². The molecule has 3 saturated heterocycles. The minimum Gasteiger partial charge on any atom is -0.382 e. The van der Waals surface area contributed by atoms with Gasteiger partial charge in [-0.3, -0.25) is 4.79 Å². The molecule has 5 nitrogen and oxygen atoms in total. The van der Waals surface area contributed by atoms with E-state index in [2.05, 4.69) is 6.58 Å².